The van der Waals surface area contributed by atoms with Crippen molar-refractivity contribution in [2.24, 2.45) is 17.3 Å². The molecule has 2 fully saturated rings. The molecule has 5 nitrogen and oxygen atoms in total. The van der Waals surface area contributed by atoms with Gasteiger partial charge in [0.2, 0.25) is 0 Å². The van der Waals surface area contributed by atoms with Crippen molar-refractivity contribution in [3.8, 4) is 6.07 Å². The summed E-state index contributed by atoms with van der Waals surface area (Å²) in [6.07, 6.45) is 0. The van der Waals surface area contributed by atoms with E-state index in [-0.39, 0.29) is 11.3 Å². The van der Waals surface area contributed by atoms with Gasteiger partial charge in [-0.25, -0.2) is 0 Å². The van der Waals surface area contributed by atoms with Crippen molar-refractivity contribution in [3.63, 3.8) is 0 Å². The van der Waals surface area contributed by atoms with Crippen LogP contribution >= 0.6 is 0 Å². The van der Waals surface area contributed by atoms with Gasteiger partial charge in [-0.05, 0) is 29.4 Å². The number of hydrogen-bond donors (Lipinski definition) is 0. The van der Waals surface area contributed by atoms with Crippen molar-refractivity contribution >= 4 is 11.4 Å². The molecule has 1 aromatic rings. The minimum absolute atomic E-state index is 0.115. The Morgan fingerprint density at radius 3 is 2.58 bits per heavy atom. The summed E-state index contributed by atoms with van der Waals surface area (Å²) in [5.41, 5.74) is 1.39. The maximum absolute atomic E-state index is 10.8. The smallest absolute Gasteiger partial charge is 0.287 e. The number of anilines is 1. The summed E-state index contributed by atoms with van der Waals surface area (Å²) in [7, 11) is 0. The van der Waals surface area contributed by atoms with E-state index >= 15 is 0 Å². The van der Waals surface area contributed by atoms with E-state index in [1.54, 1.807) is 12.1 Å². The number of piperidine rings is 1. The Bertz CT molecular complexity index is 589. The van der Waals surface area contributed by atoms with Crippen molar-refractivity contribution < 1.29 is 4.92 Å². The molecule has 1 saturated carbocycles. The van der Waals surface area contributed by atoms with Gasteiger partial charge in [-0.15, -0.1) is 0 Å². The van der Waals surface area contributed by atoms with E-state index in [0.29, 0.717) is 17.3 Å². The minimum atomic E-state index is -0.507. The molecule has 1 aliphatic heterocycles. The number of nitriles is 1. The zero-order valence-corrected chi connectivity index (χ0v) is 11.0. The molecule has 5 heteroatoms. The molecule has 0 aromatic heterocycles. The second-order valence-corrected chi connectivity index (χ2v) is 6.01. The summed E-state index contributed by atoms with van der Waals surface area (Å²) in [5, 5.41) is 19.8. The number of nitro groups is 1. The van der Waals surface area contributed by atoms with Crippen LogP contribution in [0, 0.1) is 38.7 Å². The molecular weight excluding hydrogens is 242 g/mol. The van der Waals surface area contributed by atoms with Crippen LogP contribution in [0.3, 0.4) is 0 Å². The fourth-order valence-corrected chi connectivity index (χ4v) is 3.31. The lowest BCUT2D eigenvalue weighted by Crippen LogP contribution is -2.26. The highest BCUT2D eigenvalue weighted by Crippen LogP contribution is 2.62. The average Bonchev–Trinajstić information content (AvgIpc) is 2.79. The predicted octanol–water partition coefficient (Wildman–Crippen LogP) is 2.56. The normalized spacial score (nSPS) is 26.7. The molecule has 0 N–H and O–H groups in total. The molecule has 1 saturated heterocycles. The van der Waals surface area contributed by atoms with Gasteiger partial charge in [0.25, 0.3) is 5.69 Å². The molecule has 0 spiro atoms. The first kappa shape index (κ1) is 12.0. The fraction of sp³-hybridized carbons (Fsp3) is 0.500. The van der Waals surface area contributed by atoms with E-state index in [2.05, 4.69) is 18.7 Å². The van der Waals surface area contributed by atoms with Crippen LogP contribution < -0.4 is 4.90 Å². The number of hydrogen-bond acceptors (Lipinski definition) is 4. The van der Waals surface area contributed by atoms with E-state index in [0.717, 1.165) is 18.8 Å². The Kier molecular flexibility index (Phi) is 2.33. The van der Waals surface area contributed by atoms with Crippen molar-refractivity contribution in [1.82, 2.24) is 0 Å². The van der Waals surface area contributed by atoms with Crippen LogP contribution in [0.2, 0.25) is 0 Å². The van der Waals surface area contributed by atoms with Crippen LogP contribution in [-0.2, 0) is 0 Å². The highest BCUT2D eigenvalue weighted by molar-refractivity contribution is 5.60. The van der Waals surface area contributed by atoms with Crippen molar-refractivity contribution in [2.45, 2.75) is 13.8 Å². The lowest BCUT2D eigenvalue weighted by Gasteiger charge is -2.24. The number of nitro benzene ring substituents is 1. The van der Waals surface area contributed by atoms with Crippen LogP contribution in [0.15, 0.2) is 18.2 Å². The number of benzene rings is 1. The number of rotatable bonds is 2. The van der Waals surface area contributed by atoms with E-state index in [4.69, 9.17) is 5.26 Å². The third-order valence-electron chi connectivity index (χ3n) is 4.78. The number of nitrogens with zero attached hydrogens (tertiary/aromatic N) is 3. The van der Waals surface area contributed by atoms with Gasteiger partial charge in [0.1, 0.15) is 11.6 Å². The summed E-state index contributed by atoms with van der Waals surface area (Å²) < 4.78 is 0. The summed E-state index contributed by atoms with van der Waals surface area (Å²) >= 11 is 0. The molecule has 1 aromatic carbocycles. The Hall–Kier alpha value is -2.09. The maximum atomic E-state index is 10.8. The highest BCUT2D eigenvalue weighted by atomic mass is 16.6. The molecule has 0 unspecified atom stereocenters. The zero-order chi connectivity index (χ0) is 13.8. The molecule has 2 aliphatic rings. The molecule has 0 bridgehead atoms. The standard InChI is InChI=1S/C14H15N3O2/c1-14(2)11-7-16(8-12(11)14)10-3-4-13(17(18)19)9(5-10)6-15/h3-5,11-12H,7-8H2,1-2H3/t11-,12-/m1/s1. The lowest BCUT2D eigenvalue weighted by atomic mass is 10.1. The van der Waals surface area contributed by atoms with Gasteiger partial charge in [-0.1, -0.05) is 13.8 Å². The third kappa shape index (κ3) is 1.67. The topological polar surface area (TPSA) is 70.2 Å². The quantitative estimate of drug-likeness (QED) is 0.603. The van der Waals surface area contributed by atoms with E-state index < -0.39 is 4.92 Å². The Morgan fingerprint density at radius 1 is 1.42 bits per heavy atom. The van der Waals surface area contributed by atoms with Crippen molar-refractivity contribution in [2.75, 3.05) is 18.0 Å². The van der Waals surface area contributed by atoms with Crippen LogP contribution in [0.1, 0.15) is 19.4 Å². The molecule has 0 amide bonds. The van der Waals surface area contributed by atoms with Gasteiger partial charge in [-0.2, -0.15) is 5.26 Å². The lowest BCUT2D eigenvalue weighted by molar-refractivity contribution is -0.385. The second kappa shape index (κ2) is 3.70. The molecule has 2 atom stereocenters. The summed E-state index contributed by atoms with van der Waals surface area (Å²) in [4.78, 5) is 12.5. The second-order valence-electron chi connectivity index (χ2n) is 6.01. The monoisotopic (exact) mass is 257 g/mol. The maximum Gasteiger partial charge on any atom is 0.287 e. The molecule has 3 rings (SSSR count). The molecule has 19 heavy (non-hydrogen) atoms. The highest BCUT2D eigenvalue weighted by Gasteiger charge is 2.61. The van der Waals surface area contributed by atoms with Gasteiger partial charge >= 0.3 is 0 Å². The molecule has 1 heterocycles. The van der Waals surface area contributed by atoms with Crippen LogP contribution in [-0.4, -0.2) is 18.0 Å². The Balaban J connectivity index is 1.85. The first-order valence-corrected chi connectivity index (χ1v) is 6.38. The van der Waals surface area contributed by atoms with Gasteiger partial charge < -0.3 is 4.90 Å². The van der Waals surface area contributed by atoms with Crippen LogP contribution in [0.4, 0.5) is 11.4 Å². The first-order chi connectivity index (χ1) is 8.95. The van der Waals surface area contributed by atoms with E-state index in [1.807, 2.05) is 6.07 Å². The summed E-state index contributed by atoms with van der Waals surface area (Å²) in [5.74, 6) is 1.43. The van der Waals surface area contributed by atoms with Crippen LogP contribution in [0.5, 0.6) is 0 Å². The predicted molar refractivity (Wildman–Crippen MR) is 70.8 cm³/mol. The van der Waals surface area contributed by atoms with Crippen molar-refractivity contribution in [3.05, 3.63) is 33.9 Å². The number of fused-ring (bicyclic) bond motifs is 1. The molecular formula is C14H15N3O2. The van der Waals surface area contributed by atoms with Crippen LogP contribution in [0.25, 0.3) is 0 Å². The zero-order valence-electron chi connectivity index (χ0n) is 11.0. The molecule has 98 valence electrons. The Labute approximate surface area is 111 Å². The fourth-order valence-electron chi connectivity index (χ4n) is 3.31. The van der Waals surface area contributed by atoms with E-state index in [1.165, 1.54) is 6.07 Å². The van der Waals surface area contributed by atoms with E-state index in [9.17, 15) is 10.1 Å². The molecule has 0 radical (unpaired) electrons. The molecule has 1 aliphatic carbocycles. The average molecular weight is 257 g/mol. The SMILES string of the molecule is CC1(C)[C@@H]2CN(c3ccc([N+](=O)[O-])c(C#N)c3)C[C@H]21. The van der Waals surface area contributed by atoms with Gasteiger partial charge in [-0.3, -0.25) is 10.1 Å². The minimum Gasteiger partial charge on any atom is -0.371 e. The van der Waals surface area contributed by atoms with Gasteiger partial charge in [0.15, 0.2) is 0 Å². The van der Waals surface area contributed by atoms with Gasteiger partial charge in [0.05, 0.1) is 4.92 Å². The Morgan fingerprint density at radius 2 is 2.05 bits per heavy atom. The summed E-state index contributed by atoms with van der Waals surface area (Å²) in [6.45, 7) is 6.55. The summed E-state index contributed by atoms with van der Waals surface area (Å²) in [6, 6.07) is 6.73. The third-order valence-corrected chi connectivity index (χ3v) is 4.78. The van der Waals surface area contributed by atoms with Crippen molar-refractivity contribution in [1.29, 1.82) is 5.26 Å². The van der Waals surface area contributed by atoms with Gasteiger partial charge in [0, 0.05) is 24.8 Å². The first-order valence-electron chi connectivity index (χ1n) is 6.38. The largest absolute Gasteiger partial charge is 0.371 e.